The lowest BCUT2D eigenvalue weighted by Gasteiger charge is -2.31. The molecule has 1 unspecified atom stereocenters. The van der Waals surface area contributed by atoms with Gasteiger partial charge in [-0.3, -0.25) is 5.01 Å². The molecule has 0 aliphatic carbocycles. The second kappa shape index (κ2) is 7.01. The Hall–Kier alpha value is -1.75. The molecule has 1 heterocycles. The molecule has 0 aliphatic rings. The standard InChI is InChI=1S/C17H15Cl3N4/c1-11-7-12(18)3-5-14(11)17(23(2)24-10-21-9-22-24)15-6-4-13(19)8-16(15)20/h3-10,17H,1-2H3. The molecule has 0 saturated heterocycles. The predicted molar refractivity (Wildman–Crippen MR) is 98.7 cm³/mol. The largest absolute Gasteiger partial charge is 0.287 e. The molecule has 0 spiro atoms. The van der Waals surface area contributed by atoms with Gasteiger partial charge in [-0.25, -0.2) is 4.98 Å². The minimum Gasteiger partial charge on any atom is -0.287 e. The van der Waals surface area contributed by atoms with E-state index in [1.807, 2.05) is 49.3 Å². The molecule has 3 aromatic rings. The third-order valence-corrected chi connectivity index (χ3v) is 4.68. The molecule has 0 aliphatic heterocycles. The Morgan fingerprint density at radius 2 is 1.67 bits per heavy atom. The smallest absolute Gasteiger partial charge is 0.139 e. The predicted octanol–water partition coefficient (Wildman–Crippen LogP) is 4.90. The number of hydrogen-bond acceptors (Lipinski definition) is 3. The summed E-state index contributed by atoms with van der Waals surface area (Å²) in [6.07, 6.45) is 3.13. The summed E-state index contributed by atoms with van der Waals surface area (Å²) in [5, 5.41) is 8.06. The fraction of sp³-hybridized carbons (Fsp3) is 0.176. The summed E-state index contributed by atoms with van der Waals surface area (Å²) in [6.45, 7) is 2.02. The number of aromatic nitrogens is 3. The second-order valence-electron chi connectivity index (χ2n) is 5.46. The van der Waals surface area contributed by atoms with Crippen molar-refractivity contribution in [3.05, 3.63) is 80.8 Å². The van der Waals surface area contributed by atoms with E-state index in [1.54, 1.807) is 17.2 Å². The molecule has 24 heavy (non-hydrogen) atoms. The third kappa shape index (κ3) is 3.36. The summed E-state index contributed by atoms with van der Waals surface area (Å²) in [5.41, 5.74) is 3.05. The SMILES string of the molecule is Cc1cc(Cl)ccc1C(c1ccc(Cl)cc1Cl)N(C)n1cncn1. The van der Waals surface area contributed by atoms with Crippen molar-refractivity contribution >= 4 is 34.8 Å². The summed E-state index contributed by atoms with van der Waals surface area (Å²) < 4.78 is 0. The quantitative estimate of drug-likeness (QED) is 0.644. The van der Waals surface area contributed by atoms with Gasteiger partial charge in [-0.2, -0.15) is 4.79 Å². The van der Waals surface area contributed by atoms with E-state index in [0.29, 0.717) is 15.1 Å². The number of rotatable bonds is 4. The van der Waals surface area contributed by atoms with E-state index in [2.05, 4.69) is 10.1 Å². The molecule has 4 nitrogen and oxygen atoms in total. The first-order chi connectivity index (χ1) is 11.5. The van der Waals surface area contributed by atoms with Gasteiger partial charge in [0.2, 0.25) is 0 Å². The van der Waals surface area contributed by atoms with Crippen molar-refractivity contribution in [2.24, 2.45) is 0 Å². The monoisotopic (exact) mass is 380 g/mol. The molecule has 0 radical (unpaired) electrons. The molecule has 1 aromatic heterocycles. The molecule has 0 saturated carbocycles. The Kier molecular flexibility index (Phi) is 4.99. The van der Waals surface area contributed by atoms with Crippen LogP contribution in [-0.4, -0.2) is 21.9 Å². The van der Waals surface area contributed by atoms with Gasteiger partial charge >= 0.3 is 0 Å². The normalized spacial score (nSPS) is 12.2. The highest BCUT2D eigenvalue weighted by atomic mass is 35.5. The molecular formula is C17H15Cl3N4. The van der Waals surface area contributed by atoms with Crippen LogP contribution in [0.2, 0.25) is 15.1 Å². The van der Waals surface area contributed by atoms with Gasteiger partial charge in [-0.15, -0.1) is 5.10 Å². The van der Waals surface area contributed by atoms with E-state index in [4.69, 9.17) is 34.8 Å². The molecule has 0 amide bonds. The fourth-order valence-corrected chi connectivity index (χ4v) is 3.46. The van der Waals surface area contributed by atoms with Crippen molar-refractivity contribution in [1.29, 1.82) is 0 Å². The van der Waals surface area contributed by atoms with Gasteiger partial charge in [0, 0.05) is 22.1 Å². The summed E-state index contributed by atoms with van der Waals surface area (Å²) in [4.78, 5) is 5.69. The van der Waals surface area contributed by atoms with Crippen molar-refractivity contribution in [3.63, 3.8) is 0 Å². The minimum absolute atomic E-state index is 0.172. The van der Waals surface area contributed by atoms with Crippen LogP contribution in [0.25, 0.3) is 0 Å². The molecule has 3 rings (SSSR count). The highest BCUT2D eigenvalue weighted by molar-refractivity contribution is 6.35. The van der Waals surface area contributed by atoms with Gasteiger partial charge in [0.25, 0.3) is 0 Å². The van der Waals surface area contributed by atoms with Crippen molar-refractivity contribution in [2.45, 2.75) is 13.0 Å². The Morgan fingerprint density at radius 3 is 2.25 bits per heavy atom. The summed E-state index contributed by atoms with van der Waals surface area (Å²) >= 11 is 18.7. The molecule has 124 valence electrons. The van der Waals surface area contributed by atoms with Crippen LogP contribution in [0.4, 0.5) is 0 Å². The van der Waals surface area contributed by atoms with Crippen LogP contribution in [-0.2, 0) is 0 Å². The van der Waals surface area contributed by atoms with Crippen LogP contribution in [0, 0.1) is 6.92 Å². The maximum Gasteiger partial charge on any atom is 0.139 e. The van der Waals surface area contributed by atoms with E-state index in [-0.39, 0.29) is 6.04 Å². The van der Waals surface area contributed by atoms with Crippen LogP contribution in [0.1, 0.15) is 22.7 Å². The van der Waals surface area contributed by atoms with E-state index in [0.717, 1.165) is 16.7 Å². The summed E-state index contributed by atoms with van der Waals surface area (Å²) in [6, 6.07) is 11.1. The topological polar surface area (TPSA) is 34.0 Å². The second-order valence-corrected chi connectivity index (χ2v) is 6.74. The Balaban J connectivity index is 2.17. The minimum atomic E-state index is -0.172. The fourth-order valence-electron chi connectivity index (χ4n) is 2.72. The van der Waals surface area contributed by atoms with Gasteiger partial charge in [0.1, 0.15) is 12.7 Å². The first kappa shape index (κ1) is 17.1. The average Bonchev–Trinajstić information content (AvgIpc) is 3.05. The lowest BCUT2D eigenvalue weighted by Crippen LogP contribution is -2.36. The average molecular weight is 382 g/mol. The number of nitrogens with zero attached hydrogens (tertiary/aromatic N) is 4. The molecule has 1 atom stereocenters. The number of aryl methyl sites for hydroxylation is 1. The van der Waals surface area contributed by atoms with Crippen LogP contribution in [0.3, 0.4) is 0 Å². The molecule has 7 heteroatoms. The van der Waals surface area contributed by atoms with Crippen molar-refractivity contribution < 1.29 is 0 Å². The third-order valence-electron chi connectivity index (χ3n) is 3.89. The lowest BCUT2D eigenvalue weighted by molar-refractivity contribution is 0.528. The van der Waals surface area contributed by atoms with Crippen LogP contribution in [0.5, 0.6) is 0 Å². The summed E-state index contributed by atoms with van der Waals surface area (Å²) in [7, 11) is 1.93. The van der Waals surface area contributed by atoms with Gasteiger partial charge in [-0.05, 0) is 47.9 Å². The zero-order chi connectivity index (χ0) is 17.3. The van der Waals surface area contributed by atoms with Crippen LogP contribution < -0.4 is 5.01 Å². The van der Waals surface area contributed by atoms with E-state index in [9.17, 15) is 0 Å². The maximum absolute atomic E-state index is 6.48. The van der Waals surface area contributed by atoms with Crippen molar-refractivity contribution in [2.75, 3.05) is 12.1 Å². The first-order valence-electron chi connectivity index (χ1n) is 7.26. The van der Waals surface area contributed by atoms with Crippen LogP contribution in [0.15, 0.2) is 49.1 Å². The number of benzene rings is 2. The van der Waals surface area contributed by atoms with E-state index < -0.39 is 0 Å². The Labute approximate surface area is 155 Å². The van der Waals surface area contributed by atoms with E-state index in [1.165, 1.54) is 6.33 Å². The highest BCUT2D eigenvalue weighted by Gasteiger charge is 2.24. The van der Waals surface area contributed by atoms with Gasteiger partial charge in [-0.1, -0.05) is 46.9 Å². The van der Waals surface area contributed by atoms with Gasteiger partial charge < -0.3 is 0 Å². The molecule has 0 bridgehead atoms. The van der Waals surface area contributed by atoms with Crippen LogP contribution >= 0.6 is 34.8 Å². The van der Waals surface area contributed by atoms with Crippen molar-refractivity contribution in [3.8, 4) is 0 Å². The molecule has 0 N–H and O–H groups in total. The maximum atomic E-state index is 6.48. The zero-order valence-corrected chi connectivity index (χ0v) is 15.4. The molecule has 2 aromatic carbocycles. The highest BCUT2D eigenvalue weighted by Crippen LogP contribution is 2.35. The molecule has 0 fully saturated rings. The Morgan fingerprint density at radius 1 is 1.00 bits per heavy atom. The first-order valence-corrected chi connectivity index (χ1v) is 8.39. The zero-order valence-electron chi connectivity index (χ0n) is 13.1. The van der Waals surface area contributed by atoms with E-state index >= 15 is 0 Å². The number of hydrogen-bond donors (Lipinski definition) is 0. The van der Waals surface area contributed by atoms with Crippen molar-refractivity contribution in [1.82, 2.24) is 14.9 Å². The van der Waals surface area contributed by atoms with Gasteiger partial charge in [0.15, 0.2) is 0 Å². The summed E-state index contributed by atoms with van der Waals surface area (Å²) in [5.74, 6) is 0. The number of halogens is 3. The lowest BCUT2D eigenvalue weighted by atomic mass is 9.94. The molecular weight excluding hydrogens is 367 g/mol. The Bertz CT molecular complexity index is 798. The van der Waals surface area contributed by atoms with Gasteiger partial charge in [0.05, 0.1) is 6.04 Å².